The number of carbonyl (C=O) groups is 1. The summed E-state index contributed by atoms with van der Waals surface area (Å²) >= 11 is 0. The van der Waals surface area contributed by atoms with E-state index >= 15 is 0 Å². The molecule has 0 aliphatic rings. The lowest BCUT2D eigenvalue weighted by Crippen LogP contribution is -1.99. The van der Waals surface area contributed by atoms with Gasteiger partial charge in [-0.25, -0.2) is 9.37 Å². The van der Waals surface area contributed by atoms with Gasteiger partial charge in [-0.2, -0.15) is 0 Å². The lowest BCUT2D eigenvalue weighted by Gasteiger charge is -2.01. The number of ether oxygens (including phenoxy) is 1. The minimum Gasteiger partial charge on any atom is -0.494 e. The van der Waals surface area contributed by atoms with Crippen molar-refractivity contribution in [3.05, 3.63) is 23.8 Å². The van der Waals surface area contributed by atoms with Gasteiger partial charge in [0.05, 0.1) is 13.3 Å². The Morgan fingerprint density at radius 1 is 1.67 bits per heavy atom. The average molecular weight is 169 g/mol. The van der Waals surface area contributed by atoms with Crippen molar-refractivity contribution in [2.75, 3.05) is 7.11 Å². The second-order valence-corrected chi connectivity index (χ2v) is 2.26. The lowest BCUT2D eigenvalue weighted by atomic mass is 10.2. The molecule has 0 N–H and O–H groups in total. The highest BCUT2D eigenvalue weighted by Gasteiger charge is 2.07. The van der Waals surface area contributed by atoms with Crippen LogP contribution in [0.5, 0.6) is 5.75 Å². The topological polar surface area (TPSA) is 39.2 Å². The maximum absolute atomic E-state index is 12.7. The van der Waals surface area contributed by atoms with Crippen LogP contribution in [0.3, 0.4) is 0 Å². The van der Waals surface area contributed by atoms with Crippen molar-refractivity contribution in [2.24, 2.45) is 0 Å². The van der Waals surface area contributed by atoms with Crippen molar-refractivity contribution in [1.82, 2.24) is 4.98 Å². The fourth-order valence-corrected chi connectivity index (χ4v) is 0.769. The third-order valence-electron chi connectivity index (χ3n) is 1.40. The highest BCUT2D eigenvalue weighted by Crippen LogP contribution is 2.15. The normalized spacial score (nSPS) is 9.58. The first-order valence-electron chi connectivity index (χ1n) is 3.35. The molecule has 1 heterocycles. The van der Waals surface area contributed by atoms with Gasteiger partial charge in [0.25, 0.3) is 0 Å². The Balaban J connectivity index is 3.13. The summed E-state index contributed by atoms with van der Waals surface area (Å²) in [6, 6.07) is 1.28. The van der Waals surface area contributed by atoms with E-state index < -0.39 is 5.82 Å². The van der Waals surface area contributed by atoms with Gasteiger partial charge in [0, 0.05) is 13.0 Å². The third kappa shape index (κ3) is 1.58. The standard InChI is InChI=1S/C8H8FNO2/c1-5(11)7-3-8(12-2)6(9)4-10-7/h3-4H,1-2H3. The van der Waals surface area contributed by atoms with Gasteiger partial charge in [0.1, 0.15) is 5.69 Å². The van der Waals surface area contributed by atoms with Crippen LogP contribution in [0.4, 0.5) is 4.39 Å². The van der Waals surface area contributed by atoms with E-state index in [4.69, 9.17) is 0 Å². The van der Waals surface area contributed by atoms with Gasteiger partial charge in [-0.1, -0.05) is 0 Å². The van der Waals surface area contributed by atoms with E-state index in [0.717, 1.165) is 6.20 Å². The van der Waals surface area contributed by atoms with Gasteiger partial charge in [-0.05, 0) is 0 Å². The van der Waals surface area contributed by atoms with E-state index in [0.29, 0.717) is 0 Å². The molecular formula is C8H8FNO2. The molecule has 1 aromatic heterocycles. The summed E-state index contributed by atoms with van der Waals surface area (Å²) in [4.78, 5) is 14.4. The summed E-state index contributed by atoms with van der Waals surface area (Å²) in [5.74, 6) is -0.744. The molecule has 12 heavy (non-hydrogen) atoms. The smallest absolute Gasteiger partial charge is 0.183 e. The summed E-state index contributed by atoms with van der Waals surface area (Å²) in [6.45, 7) is 1.36. The number of aromatic nitrogens is 1. The first-order valence-corrected chi connectivity index (χ1v) is 3.35. The number of carbonyl (C=O) groups excluding carboxylic acids is 1. The molecule has 0 aliphatic carbocycles. The Labute approximate surface area is 69.2 Å². The first kappa shape index (κ1) is 8.64. The summed E-state index contributed by atoms with van der Waals surface area (Å²) in [5, 5.41) is 0. The highest BCUT2D eigenvalue weighted by molar-refractivity contribution is 5.92. The van der Waals surface area contributed by atoms with E-state index in [1.54, 1.807) is 0 Å². The molecular weight excluding hydrogens is 161 g/mol. The fraction of sp³-hybridized carbons (Fsp3) is 0.250. The second kappa shape index (κ2) is 3.30. The monoisotopic (exact) mass is 169 g/mol. The number of methoxy groups -OCH3 is 1. The van der Waals surface area contributed by atoms with Crippen molar-refractivity contribution in [1.29, 1.82) is 0 Å². The molecule has 0 amide bonds. The maximum atomic E-state index is 12.7. The second-order valence-electron chi connectivity index (χ2n) is 2.26. The van der Waals surface area contributed by atoms with Crippen LogP contribution in [0.15, 0.2) is 12.3 Å². The largest absolute Gasteiger partial charge is 0.494 e. The molecule has 0 spiro atoms. The number of rotatable bonds is 2. The molecule has 0 bridgehead atoms. The Morgan fingerprint density at radius 2 is 2.33 bits per heavy atom. The van der Waals surface area contributed by atoms with Crippen molar-refractivity contribution < 1.29 is 13.9 Å². The van der Waals surface area contributed by atoms with E-state index in [9.17, 15) is 9.18 Å². The highest BCUT2D eigenvalue weighted by atomic mass is 19.1. The van der Waals surface area contributed by atoms with Crippen LogP contribution in [-0.2, 0) is 0 Å². The summed E-state index contributed by atoms with van der Waals surface area (Å²) < 4.78 is 17.4. The molecule has 0 saturated carbocycles. The van der Waals surface area contributed by atoms with E-state index in [1.165, 1.54) is 20.1 Å². The molecule has 0 aromatic carbocycles. The van der Waals surface area contributed by atoms with Crippen LogP contribution in [0.2, 0.25) is 0 Å². The molecule has 1 aromatic rings. The molecule has 0 saturated heterocycles. The zero-order valence-corrected chi connectivity index (χ0v) is 6.80. The number of Topliss-reactive ketones (excluding diaryl/α,β-unsaturated/α-hetero) is 1. The minimum absolute atomic E-state index is 0.0372. The molecule has 0 radical (unpaired) electrons. The first-order chi connectivity index (χ1) is 5.65. The average Bonchev–Trinajstić information content (AvgIpc) is 2.05. The fourth-order valence-electron chi connectivity index (χ4n) is 0.769. The third-order valence-corrected chi connectivity index (χ3v) is 1.40. The van der Waals surface area contributed by atoms with Gasteiger partial charge in [0.2, 0.25) is 0 Å². The molecule has 0 aliphatic heterocycles. The zero-order valence-electron chi connectivity index (χ0n) is 6.80. The van der Waals surface area contributed by atoms with Crippen molar-refractivity contribution in [3.8, 4) is 5.75 Å². The van der Waals surface area contributed by atoms with E-state index in [2.05, 4.69) is 9.72 Å². The molecule has 0 atom stereocenters. The molecule has 0 fully saturated rings. The maximum Gasteiger partial charge on any atom is 0.183 e. The molecule has 0 unspecified atom stereocenters. The molecule has 3 nitrogen and oxygen atoms in total. The number of halogens is 1. The SMILES string of the molecule is COc1cc(C(C)=O)ncc1F. The summed E-state index contributed by atoms with van der Waals surface area (Å²) in [6.07, 6.45) is 0.968. The predicted molar refractivity (Wildman–Crippen MR) is 40.8 cm³/mol. The number of hydrogen-bond donors (Lipinski definition) is 0. The van der Waals surface area contributed by atoms with Crippen molar-refractivity contribution in [2.45, 2.75) is 6.92 Å². The van der Waals surface area contributed by atoms with Gasteiger partial charge in [-0.3, -0.25) is 4.79 Å². The van der Waals surface area contributed by atoms with Crippen molar-refractivity contribution >= 4 is 5.78 Å². The van der Waals surface area contributed by atoms with Gasteiger partial charge < -0.3 is 4.74 Å². The minimum atomic E-state index is -0.567. The molecule has 64 valence electrons. The quantitative estimate of drug-likeness (QED) is 0.628. The number of pyridine rings is 1. The van der Waals surface area contributed by atoms with Crippen LogP contribution < -0.4 is 4.74 Å². The van der Waals surface area contributed by atoms with Crippen molar-refractivity contribution in [3.63, 3.8) is 0 Å². The summed E-state index contributed by atoms with van der Waals surface area (Å²) in [7, 11) is 1.34. The van der Waals surface area contributed by atoms with Gasteiger partial charge >= 0.3 is 0 Å². The van der Waals surface area contributed by atoms with Gasteiger partial charge in [-0.15, -0.1) is 0 Å². The Kier molecular flexibility index (Phi) is 2.38. The van der Waals surface area contributed by atoms with Crippen LogP contribution in [-0.4, -0.2) is 17.9 Å². The van der Waals surface area contributed by atoms with Gasteiger partial charge in [0.15, 0.2) is 17.3 Å². The van der Waals surface area contributed by atoms with Crippen LogP contribution in [0.1, 0.15) is 17.4 Å². The number of ketones is 1. The predicted octanol–water partition coefficient (Wildman–Crippen LogP) is 1.43. The number of hydrogen-bond acceptors (Lipinski definition) is 3. The van der Waals surface area contributed by atoms with Crippen LogP contribution in [0, 0.1) is 5.82 Å². The van der Waals surface area contributed by atoms with Crippen LogP contribution >= 0.6 is 0 Å². The Morgan fingerprint density at radius 3 is 2.83 bits per heavy atom. The molecule has 1 rings (SSSR count). The van der Waals surface area contributed by atoms with E-state index in [1.807, 2.05) is 0 Å². The van der Waals surface area contributed by atoms with E-state index in [-0.39, 0.29) is 17.2 Å². The van der Waals surface area contributed by atoms with Crippen LogP contribution in [0.25, 0.3) is 0 Å². The lowest BCUT2D eigenvalue weighted by molar-refractivity contribution is 0.101. The number of nitrogens with zero attached hydrogens (tertiary/aromatic N) is 1. The Bertz CT molecular complexity index is 312. The molecule has 4 heteroatoms. The zero-order chi connectivity index (χ0) is 9.14. The Hall–Kier alpha value is -1.45. The summed E-state index contributed by atoms with van der Waals surface area (Å²) in [5.41, 5.74) is 0.202.